The third kappa shape index (κ3) is 2.87. The van der Waals surface area contributed by atoms with Crippen LogP contribution in [0.15, 0.2) is 11.1 Å². The summed E-state index contributed by atoms with van der Waals surface area (Å²) in [7, 11) is 0.00266. The third-order valence-electron chi connectivity index (χ3n) is 5.81. The summed E-state index contributed by atoms with van der Waals surface area (Å²) in [5.74, 6) is 3.51. The quantitative estimate of drug-likeness (QED) is 0.393. The molecule has 0 bridgehead atoms. The molecule has 1 heteroatoms. The number of allylic oxidation sites excluding steroid dienone is 2. The van der Waals surface area contributed by atoms with E-state index in [-0.39, 0.29) is 7.92 Å². The minimum Gasteiger partial charge on any atom is -0.0915 e. The zero-order valence-electron chi connectivity index (χ0n) is 16.0. The predicted molar refractivity (Wildman–Crippen MR) is 98.5 cm³/mol. The molecule has 0 aromatic rings. The molecule has 2 aliphatic carbocycles. The summed E-state index contributed by atoms with van der Waals surface area (Å²) >= 11 is 0. The molecule has 0 radical (unpaired) electrons. The first-order chi connectivity index (χ1) is 9.37. The summed E-state index contributed by atoms with van der Waals surface area (Å²) < 4.78 is 0. The maximum absolute atomic E-state index is 2.49. The molecule has 0 N–H and O–H groups in total. The molecule has 2 aliphatic rings. The van der Waals surface area contributed by atoms with Gasteiger partial charge in [0.25, 0.3) is 0 Å². The smallest absolute Gasteiger partial charge is 0.00903 e. The van der Waals surface area contributed by atoms with Gasteiger partial charge in [0.15, 0.2) is 0 Å². The molecule has 122 valence electrons. The first kappa shape index (κ1) is 17.5. The van der Waals surface area contributed by atoms with E-state index in [2.05, 4.69) is 69.2 Å². The van der Waals surface area contributed by atoms with E-state index in [9.17, 15) is 0 Å². The van der Waals surface area contributed by atoms with Gasteiger partial charge in [-0.3, -0.25) is 0 Å². The van der Waals surface area contributed by atoms with Gasteiger partial charge in [0.1, 0.15) is 0 Å². The van der Waals surface area contributed by atoms with E-state index in [0.29, 0.717) is 10.3 Å². The first-order valence-electron chi connectivity index (χ1n) is 8.86. The topological polar surface area (TPSA) is 0 Å². The van der Waals surface area contributed by atoms with Gasteiger partial charge >= 0.3 is 0 Å². The van der Waals surface area contributed by atoms with Crippen LogP contribution < -0.4 is 0 Å². The Morgan fingerprint density at radius 3 is 1.86 bits per heavy atom. The van der Waals surface area contributed by atoms with Gasteiger partial charge in [0.2, 0.25) is 0 Å². The van der Waals surface area contributed by atoms with Crippen molar-refractivity contribution in [3.63, 3.8) is 0 Å². The molecule has 1 saturated carbocycles. The van der Waals surface area contributed by atoms with E-state index in [0.717, 1.165) is 29.3 Å². The molecule has 0 amide bonds. The molecule has 0 aromatic carbocycles. The van der Waals surface area contributed by atoms with Gasteiger partial charge in [-0.1, -0.05) is 81.4 Å². The van der Waals surface area contributed by atoms with Crippen molar-refractivity contribution >= 4 is 7.92 Å². The van der Waals surface area contributed by atoms with Gasteiger partial charge < -0.3 is 0 Å². The lowest BCUT2D eigenvalue weighted by Gasteiger charge is -2.55. The van der Waals surface area contributed by atoms with E-state index < -0.39 is 0 Å². The molecule has 1 fully saturated rings. The lowest BCUT2D eigenvalue weighted by molar-refractivity contribution is 0.133. The molecule has 1 unspecified atom stereocenters. The summed E-state index contributed by atoms with van der Waals surface area (Å²) in [6.07, 6.45) is 1.38. The number of hydrogen-bond acceptors (Lipinski definition) is 0. The van der Waals surface area contributed by atoms with E-state index in [1.807, 2.05) is 5.57 Å². The van der Waals surface area contributed by atoms with Crippen molar-refractivity contribution in [3.05, 3.63) is 11.1 Å². The van der Waals surface area contributed by atoms with E-state index in [4.69, 9.17) is 0 Å². The van der Waals surface area contributed by atoms with Gasteiger partial charge in [-0.2, -0.15) is 0 Å². The van der Waals surface area contributed by atoms with Gasteiger partial charge in [0.05, 0.1) is 0 Å². The molecule has 0 nitrogen and oxygen atoms in total. The SMILES string of the molecule is CC1=C2C([C@H](C(C)C)[C@@H]2C)[C@@H](P(C(C)(C)C)C(C)(C)C)C1. The highest BCUT2D eigenvalue weighted by Crippen LogP contribution is 2.72. The van der Waals surface area contributed by atoms with Gasteiger partial charge in [-0.25, -0.2) is 0 Å². The maximum atomic E-state index is 2.49. The van der Waals surface area contributed by atoms with Crippen LogP contribution in [-0.2, 0) is 0 Å². The Labute approximate surface area is 134 Å². The monoisotopic (exact) mass is 308 g/mol. The number of fused-ring (bicyclic) bond motifs is 1. The minimum atomic E-state index is 0.00266. The van der Waals surface area contributed by atoms with Crippen LogP contribution in [0, 0.1) is 23.7 Å². The van der Waals surface area contributed by atoms with Crippen molar-refractivity contribution in [3.8, 4) is 0 Å². The van der Waals surface area contributed by atoms with Crippen molar-refractivity contribution in [2.75, 3.05) is 0 Å². The molecular weight excluding hydrogens is 271 g/mol. The largest absolute Gasteiger partial charge is 0.0915 e. The van der Waals surface area contributed by atoms with Gasteiger partial charge in [-0.15, -0.1) is 0 Å². The molecule has 0 spiro atoms. The Morgan fingerprint density at radius 1 is 1.00 bits per heavy atom. The van der Waals surface area contributed by atoms with Crippen molar-refractivity contribution in [1.29, 1.82) is 0 Å². The van der Waals surface area contributed by atoms with Crippen molar-refractivity contribution in [2.45, 2.75) is 91.6 Å². The van der Waals surface area contributed by atoms with Crippen LogP contribution in [0.3, 0.4) is 0 Å². The second-order valence-electron chi connectivity index (χ2n) is 9.85. The maximum Gasteiger partial charge on any atom is -0.00903 e. The predicted octanol–water partition coefficient (Wildman–Crippen LogP) is 6.69. The molecular formula is C20H37P. The van der Waals surface area contributed by atoms with Gasteiger partial charge in [0, 0.05) is 0 Å². The lowest BCUT2D eigenvalue weighted by Crippen LogP contribution is -2.46. The average molecular weight is 308 g/mol. The molecule has 4 atom stereocenters. The zero-order chi connectivity index (χ0) is 16.3. The Hall–Kier alpha value is 0.170. The highest BCUT2D eigenvalue weighted by Gasteiger charge is 2.56. The summed E-state index contributed by atoms with van der Waals surface area (Å²) in [5, 5.41) is 0.905. The first-order valence-corrected chi connectivity index (χ1v) is 10.3. The summed E-state index contributed by atoms with van der Waals surface area (Å²) in [6.45, 7) is 24.7. The Balaban J connectivity index is 2.37. The molecule has 0 heterocycles. The minimum absolute atomic E-state index is 0.00266. The van der Waals surface area contributed by atoms with Gasteiger partial charge in [-0.05, 0) is 53.0 Å². The normalized spacial score (nSPS) is 33.7. The molecule has 21 heavy (non-hydrogen) atoms. The number of hydrogen-bond donors (Lipinski definition) is 0. The highest BCUT2D eigenvalue weighted by molar-refractivity contribution is 7.61. The van der Waals surface area contributed by atoms with Crippen LogP contribution in [0.1, 0.15) is 75.7 Å². The molecule has 2 rings (SSSR count). The zero-order valence-corrected chi connectivity index (χ0v) is 16.9. The summed E-state index contributed by atoms with van der Waals surface area (Å²) in [5.41, 5.74) is 4.54. The van der Waals surface area contributed by atoms with E-state index in [1.54, 1.807) is 5.57 Å². The van der Waals surface area contributed by atoms with Crippen LogP contribution >= 0.6 is 7.92 Å². The van der Waals surface area contributed by atoms with Crippen LogP contribution in [0.25, 0.3) is 0 Å². The Morgan fingerprint density at radius 2 is 1.48 bits per heavy atom. The second-order valence-corrected chi connectivity index (χ2v) is 13.9. The lowest BCUT2D eigenvalue weighted by atomic mass is 9.58. The standard InChI is InChI=1S/C20H37P/c1-12(2)16-14(4)17-13(3)11-15(18(16)17)21(19(5,6)7)20(8,9)10/h12,14-16,18H,11H2,1-10H3/t14-,15-,16+,18?/m0/s1. The summed E-state index contributed by atoms with van der Waals surface area (Å²) in [6, 6.07) is 0. The van der Waals surface area contributed by atoms with E-state index >= 15 is 0 Å². The summed E-state index contributed by atoms with van der Waals surface area (Å²) in [4.78, 5) is 0. The average Bonchev–Trinajstić information content (AvgIpc) is 2.45. The van der Waals surface area contributed by atoms with Crippen LogP contribution in [0.5, 0.6) is 0 Å². The molecule has 0 aliphatic heterocycles. The fraction of sp³-hybridized carbons (Fsp3) is 0.900. The van der Waals surface area contributed by atoms with E-state index in [1.165, 1.54) is 6.42 Å². The van der Waals surface area contributed by atoms with Crippen LogP contribution in [0.4, 0.5) is 0 Å². The van der Waals surface area contributed by atoms with Crippen LogP contribution in [-0.4, -0.2) is 16.0 Å². The fourth-order valence-corrected chi connectivity index (χ4v) is 11.0. The second kappa shape index (κ2) is 5.36. The Kier molecular flexibility index (Phi) is 4.48. The Bertz CT molecular complexity index is 416. The van der Waals surface area contributed by atoms with Crippen molar-refractivity contribution < 1.29 is 0 Å². The molecule has 0 aromatic heterocycles. The molecule has 0 saturated heterocycles. The highest BCUT2D eigenvalue weighted by atomic mass is 31.1. The van der Waals surface area contributed by atoms with Crippen LogP contribution in [0.2, 0.25) is 0 Å². The van der Waals surface area contributed by atoms with Crippen molar-refractivity contribution in [1.82, 2.24) is 0 Å². The fourth-order valence-electron chi connectivity index (χ4n) is 5.85. The third-order valence-corrected chi connectivity index (χ3v) is 9.87. The van der Waals surface area contributed by atoms with Crippen molar-refractivity contribution in [2.24, 2.45) is 23.7 Å². The number of rotatable bonds is 2.